The molecule has 0 bridgehead atoms. The number of nitrogens with one attached hydrogen (secondary N) is 1. The molecule has 0 aliphatic carbocycles. The molecule has 0 unspecified atom stereocenters. The van der Waals surface area contributed by atoms with E-state index in [9.17, 15) is 4.79 Å². The van der Waals surface area contributed by atoms with Crippen LogP contribution >= 0.6 is 0 Å². The van der Waals surface area contributed by atoms with Gasteiger partial charge in [-0.3, -0.25) is 4.79 Å². The molecule has 1 fully saturated rings. The van der Waals surface area contributed by atoms with Gasteiger partial charge in [-0.05, 0) is 42.3 Å². The second-order valence-electron chi connectivity index (χ2n) is 7.78. The fourth-order valence-corrected chi connectivity index (χ4v) is 4.65. The minimum absolute atomic E-state index is 0.0913. The molecule has 1 amide bonds. The van der Waals surface area contributed by atoms with Crippen LogP contribution in [0.5, 0.6) is 0 Å². The third-order valence-corrected chi connectivity index (χ3v) is 6.10. The number of anilines is 2. The number of hydrogen-bond acceptors (Lipinski definition) is 4. The van der Waals surface area contributed by atoms with Gasteiger partial charge in [0.15, 0.2) is 0 Å². The highest BCUT2D eigenvalue weighted by atomic mass is 16.3. The number of para-hydroxylation sites is 2. The fraction of sp³-hybridized carbons (Fsp3) is 0.292. The highest BCUT2D eigenvalue weighted by Gasteiger charge is 2.41. The summed E-state index contributed by atoms with van der Waals surface area (Å²) in [5.74, 6) is 0.785. The van der Waals surface area contributed by atoms with E-state index >= 15 is 0 Å². The molecule has 1 saturated heterocycles. The monoisotopic (exact) mass is 387 g/mol. The zero-order chi connectivity index (χ0) is 19.6. The van der Waals surface area contributed by atoms with Crippen molar-refractivity contribution in [2.24, 2.45) is 5.92 Å². The lowest BCUT2D eigenvalue weighted by atomic mass is 9.83. The number of rotatable bonds is 4. The van der Waals surface area contributed by atoms with Crippen molar-refractivity contribution in [1.29, 1.82) is 0 Å². The minimum atomic E-state index is -0.0913. The zero-order valence-electron chi connectivity index (χ0n) is 16.3. The fourth-order valence-electron chi connectivity index (χ4n) is 4.65. The smallest absolute Gasteiger partial charge is 0.225 e. The van der Waals surface area contributed by atoms with E-state index in [0.29, 0.717) is 6.54 Å². The Morgan fingerprint density at radius 1 is 1.00 bits per heavy atom. The Labute approximate surface area is 170 Å². The summed E-state index contributed by atoms with van der Waals surface area (Å²) in [5.41, 5.74) is 3.76. The second-order valence-corrected chi connectivity index (χ2v) is 7.78. The standard InChI is InChI=1S/C24H25N3O2/c28-24(25-16-20-10-6-14-29-20)21-15-18-7-4-5-11-22(18)27-13-12-26(17-23(21)27)19-8-2-1-3-9-19/h1-11,14,21,23H,12-13,15-17H2,(H,25,28)/t21-,23+/m1/s1. The van der Waals surface area contributed by atoms with Crippen molar-refractivity contribution >= 4 is 17.3 Å². The predicted octanol–water partition coefficient (Wildman–Crippen LogP) is 3.46. The van der Waals surface area contributed by atoms with Gasteiger partial charge in [0.2, 0.25) is 5.91 Å². The Kier molecular flexibility index (Phi) is 4.72. The van der Waals surface area contributed by atoms with Crippen LogP contribution < -0.4 is 15.1 Å². The lowest BCUT2D eigenvalue weighted by Gasteiger charge is -2.49. The SMILES string of the molecule is O=C(NCc1ccco1)[C@@H]1Cc2ccccc2N2CCN(c3ccccc3)C[C@@H]12. The van der Waals surface area contributed by atoms with Crippen molar-refractivity contribution in [3.05, 3.63) is 84.3 Å². The van der Waals surface area contributed by atoms with E-state index in [1.165, 1.54) is 16.9 Å². The molecule has 2 aliphatic heterocycles. The molecule has 5 heteroatoms. The summed E-state index contributed by atoms with van der Waals surface area (Å²) in [7, 11) is 0. The largest absolute Gasteiger partial charge is 0.467 e. The maximum atomic E-state index is 13.2. The molecular formula is C24H25N3O2. The van der Waals surface area contributed by atoms with Crippen LogP contribution in [0.1, 0.15) is 11.3 Å². The third kappa shape index (κ3) is 3.48. The zero-order valence-corrected chi connectivity index (χ0v) is 16.3. The Hall–Kier alpha value is -3.21. The van der Waals surface area contributed by atoms with Gasteiger partial charge in [0.25, 0.3) is 0 Å². The van der Waals surface area contributed by atoms with E-state index in [-0.39, 0.29) is 17.9 Å². The first kappa shape index (κ1) is 17.9. The number of amides is 1. The van der Waals surface area contributed by atoms with Gasteiger partial charge < -0.3 is 19.5 Å². The molecule has 29 heavy (non-hydrogen) atoms. The lowest BCUT2D eigenvalue weighted by molar-refractivity contribution is -0.126. The van der Waals surface area contributed by atoms with Gasteiger partial charge >= 0.3 is 0 Å². The van der Waals surface area contributed by atoms with Crippen LogP contribution in [0.4, 0.5) is 11.4 Å². The molecule has 1 N–H and O–H groups in total. The first-order valence-electron chi connectivity index (χ1n) is 10.2. The average molecular weight is 387 g/mol. The number of carbonyl (C=O) groups is 1. The molecule has 5 rings (SSSR count). The maximum absolute atomic E-state index is 13.2. The van der Waals surface area contributed by atoms with Crippen LogP contribution in [0.2, 0.25) is 0 Å². The molecule has 2 aliphatic rings. The van der Waals surface area contributed by atoms with Crippen molar-refractivity contribution in [3.63, 3.8) is 0 Å². The molecule has 0 spiro atoms. The van der Waals surface area contributed by atoms with Crippen LogP contribution in [-0.2, 0) is 17.8 Å². The number of furan rings is 1. The molecule has 2 atom stereocenters. The Balaban J connectivity index is 1.40. The summed E-state index contributed by atoms with van der Waals surface area (Å²) in [5, 5.41) is 3.10. The van der Waals surface area contributed by atoms with Gasteiger partial charge in [-0.25, -0.2) is 0 Å². The average Bonchev–Trinajstić information content (AvgIpc) is 3.31. The molecule has 3 heterocycles. The molecule has 0 radical (unpaired) electrons. The van der Waals surface area contributed by atoms with Gasteiger partial charge in [0, 0.05) is 31.0 Å². The summed E-state index contributed by atoms with van der Waals surface area (Å²) in [4.78, 5) is 18.0. The molecule has 2 aromatic carbocycles. The molecular weight excluding hydrogens is 362 g/mol. The van der Waals surface area contributed by atoms with Gasteiger partial charge in [-0.2, -0.15) is 0 Å². The van der Waals surface area contributed by atoms with Crippen LogP contribution in [0.3, 0.4) is 0 Å². The summed E-state index contributed by atoms with van der Waals surface area (Å²) in [6, 6.07) is 22.9. The Bertz CT molecular complexity index is 971. The maximum Gasteiger partial charge on any atom is 0.225 e. The Morgan fingerprint density at radius 2 is 1.83 bits per heavy atom. The molecule has 148 valence electrons. The van der Waals surface area contributed by atoms with Crippen LogP contribution in [0, 0.1) is 5.92 Å². The van der Waals surface area contributed by atoms with Gasteiger partial charge in [-0.1, -0.05) is 36.4 Å². The molecule has 0 saturated carbocycles. The van der Waals surface area contributed by atoms with Crippen molar-refractivity contribution in [1.82, 2.24) is 5.32 Å². The molecule has 1 aromatic heterocycles. The van der Waals surface area contributed by atoms with Gasteiger partial charge in [0.05, 0.1) is 24.8 Å². The number of benzene rings is 2. The summed E-state index contributed by atoms with van der Waals surface area (Å²) in [6.07, 6.45) is 2.41. The van der Waals surface area contributed by atoms with Crippen molar-refractivity contribution in [2.75, 3.05) is 29.4 Å². The highest BCUT2D eigenvalue weighted by molar-refractivity contribution is 5.82. The van der Waals surface area contributed by atoms with E-state index in [2.05, 4.69) is 63.6 Å². The first-order chi connectivity index (χ1) is 14.3. The summed E-state index contributed by atoms with van der Waals surface area (Å²) < 4.78 is 5.38. The Morgan fingerprint density at radius 3 is 2.66 bits per heavy atom. The van der Waals surface area contributed by atoms with Crippen molar-refractivity contribution in [3.8, 4) is 0 Å². The lowest BCUT2D eigenvalue weighted by Crippen LogP contribution is -2.61. The van der Waals surface area contributed by atoms with E-state index in [1.54, 1.807) is 6.26 Å². The van der Waals surface area contributed by atoms with E-state index in [1.807, 2.05) is 18.2 Å². The topological polar surface area (TPSA) is 48.7 Å². The van der Waals surface area contributed by atoms with E-state index in [4.69, 9.17) is 4.42 Å². The van der Waals surface area contributed by atoms with Crippen molar-refractivity contribution in [2.45, 2.75) is 19.0 Å². The first-order valence-corrected chi connectivity index (χ1v) is 10.2. The highest BCUT2D eigenvalue weighted by Crippen LogP contribution is 2.36. The minimum Gasteiger partial charge on any atom is -0.467 e. The number of piperazine rings is 1. The number of nitrogens with zero attached hydrogens (tertiary/aromatic N) is 2. The van der Waals surface area contributed by atoms with Crippen molar-refractivity contribution < 1.29 is 9.21 Å². The van der Waals surface area contributed by atoms with Crippen LogP contribution in [0.25, 0.3) is 0 Å². The van der Waals surface area contributed by atoms with Gasteiger partial charge in [-0.15, -0.1) is 0 Å². The number of fused-ring (bicyclic) bond motifs is 3. The number of carbonyl (C=O) groups excluding carboxylic acids is 1. The summed E-state index contributed by atoms with van der Waals surface area (Å²) >= 11 is 0. The van der Waals surface area contributed by atoms with Crippen LogP contribution in [0.15, 0.2) is 77.4 Å². The quantitative estimate of drug-likeness (QED) is 0.745. The summed E-state index contributed by atoms with van der Waals surface area (Å²) in [6.45, 7) is 3.14. The van der Waals surface area contributed by atoms with Gasteiger partial charge in [0.1, 0.15) is 5.76 Å². The molecule has 5 nitrogen and oxygen atoms in total. The molecule has 3 aromatic rings. The normalized spacial score (nSPS) is 20.7. The van der Waals surface area contributed by atoms with Crippen LogP contribution in [-0.4, -0.2) is 31.6 Å². The second kappa shape index (κ2) is 7.66. The number of hydrogen-bond donors (Lipinski definition) is 1. The van der Waals surface area contributed by atoms with E-state index < -0.39 is 0 Å². The van der Waals surface area contributed by atoms with E-state index in [0.717, 1.165) is 31.8 Å². The third-order valence-electron chi connectivity index (χ3n) is 6.10. The predicted molar refractivity (Wildman–Crippen MR) is 114 cm³/mol.